The average molecular weight is 392 g/mol. The highest BCUT2D eigenvalue weighted by atomic mass is 79.9. The number of rotatable bonds is 6. The minimum Gasteiger partial charge on any atom is -0.340 e. The molecule has 1 amide bonds. The van der Waals surface area contributed by atoms with Crippen molar-refractivity contribution >= 4 is 27.9 Å². The molecule has 0 saturated carbocycles. The van der Waals surface area contributed by atoms with Crippen molar-refractivity contribution < 1.29 is 14.1 Å². The van der Waals surface area contributed by atoms with Crippen LogP contribution in [0.5, 0.6) is 0 Å². The Hall–Kier alpha value is -1.98. The standard InChI is InChI=1S/C19H20BrFN2O/c1-23(2)13-18(14-6-4-3-5-7-14)22-19(24)11-8-15-12-16(20)9-10-17(15)21/h3-12,18H,13H2,1-2H3,(H,22,24)/p+1/b11-8+/t18-/m0/s1. The van der Waals surface area contributed by atoms with Crippen LogP contribution in [0.3, 0.4) is 0 Å². The van der Waals surface area contributed by atoms with Gasteiger partial charge in [-0.2, -0.15) is 0 Å². The van der Waals surface area contributed by atoms with Crippen LogP contribution in [-0.2, 0) is 4.79 Å². The summed E-state index contributed by atoms with van der Waals surface area (Å²) >= 11 is 3.30. The second-order valence-electron chi connectivity index (χ2n) is 5.88. The Balaban J connectivity index is 2.10. The van der Waals surface area contributed by atoms with Gasteiger partial charge in [-0.15, -0.1) is 0 Å². The molecule has 5 heteroatoms. The van der Waals surface area contributed by atoms with E-state index in [0.717, 1.165) is 16.6 Å². The molecule has 0 bridgehead atoms. The van der Waals surface area contributed by atoms with Gasteiger partial charge >= 0.3 is 0 Å². The molecule has 2 rings (SSSR count). The third kappa shape index (κ3) is 5.58. The molecule has 0 aromatic heterocycles. The van der Waals surface area contributed by atoms with Gasteiger partial charge in [0.15, 0.2) is 0 Å². The largest absolute Gasteiger partial charge is 0.340 e. The van der Waals surface area contributed by atoms with Gasteiger partial charge in [0.2, 0.25) is 5.91 Å². The van der Waals surface area contributed by atoms with Gasteiger partial charge in [0.25, 0.3) is 0 Å². The highest BCUT2D eigenvalue weighted by Gasteiger charge is 2.16. The number of quaternary nitrogens is 1. The third-order valence-corrected chi connectivity index (χ3v) is 4.00. The molecule has 0 aliphatic carbocycles. The maximum atomic E-state index is 13.7. The topological polar surface area (TPSA) is 33.5 Å². The lowest BCUT2D eigenvalue weighted by atomic mass is 10.1. The number of benzene rings is 2. The van der Waals surface area contributed by atoms with E-state index in [-0.39, 0.29) is 17.8 Å². The summed E-state index contributed by atoms with van der Waals surface area (Å²) in [5, 5.41) is 2.99. The Kier molecular flexibility index (Phi) is 6.70. The fourth-order valence-electron chi connectivity index (χ4n) is 2.37. The van der Waals surface area contributed by atoms with Gasteiger partial charge in [-0.25, -0.2) is 4.39 Å². The summed E-state index contributed by atoms with van der Waals surface area (Å²) < 4.78 is 14.5. The summed E-state index contributed by atoms with van der Waals surface area (Å²) in [5.74, 6) is -0.607. The number of hydrogen-bond acceptors (Lipinski definition) is 1. The van der Waals surface area contributed by atoms with Crippen molar-refractivity contribution in [2.75, 3.05) is 20.6 Å². The van der Waals surface area contributed by atoms with E-state index in [1.807, 2.05) is 44.4 Å². The number of carbonyl (C=O) groups excluding carboxylic acids is 1. The summed E-state index contributed by atoms with van der Waals surface area (Å²) in [6.45, 7) is 0.759. The number of nitrogens with one attached hydrogen (secondary N) is 2. The third-order valence-electron chi connectivity index (χ3n) is 3.50. The molecule has 0 heterocycles. The van der Waals surface area contributed by atoms with Crippen molar-refractivity contribution in [1.82, 2.24) is 5.32 Å². The predicted octanol–water partition coefficient (Wildman–Crippen LogP) is 2.60. The van der Waals surface area contributed by atoms with Gasteiger partial charge in [-0.3, -0.25) is 4.79 Å². The summed E-state index contributed by atoms with van der Waals surface area (Å²) in [7, 11) is 4.07. The molecule has 24 heavy (non-hydrogen) atoms. The zero-order chi connectivity index (χ0) is 17.5. The Morgan fingerprint density at radius 3 is 2.62 bits per heavy atom. The Labute approximate surface area is 150 Å². The van der Waals surface area contributed by atoms with Gasteiger partial charge in [-0.05, 0) is 29.8 Å². The Bertz CT molecular complexity index is 717. The van der Waals surface area contributed by atoms with Gasteiger partial charge < -0.3 is 10.2 Å². The molecule has 0 aliphatic rings. The maximum Gasteiger partial charge on any atom is 0.244 e. The molecule has 2 aromatic rings. The average Bonchev–Trinajstić information content (AvgIpc) is 2.55. The first kappa shape index (κ1) is 18.4. The number of likely N-dealkylation sites (N-methyl/N-ethyl adjacent to an activating group) is 1. The van der Waals surface area contributed by atoms with Crippen LogP contribution in [-0.4, -0.2) is 26.5 Å². The predicted molar refractivity (Wildman–Crippen MR) is 98.1 cm³/mol. The van der Waals surface area contributed by atoms with Crippen LogP contribution in [0.4, 0.5) is 4.39 Å². The number of hydrogen-bond donors (Lipinski definition) is 2. The van der Waals surface area contributed by atoms with E-state index in [1.165, 1.54) is 23.1 Å². The summed E-state index contributed by atoms with van der Waals surface area (Å²) in [4.78, 5) is 13.5. The van der Waals surface area contributed by atoms with Gasteiger partial charge in [0, 0.05) is 16.1 Å². The fourth-order valence-corrected chi connectivity index (χ4v) is 2.75. The van der Waals surface area contributed by atoms with E-state index in [1.54, 1.807) is 12.1 Å². The normalized spacial score (nSPS) is 12.5. The number of amides is 1. The maximum absolute atomic E-state index is 13.7. The van der Waals surface area contributed by atoms with E-state index in [0.29, 0.717) is 5.56 Å². The molecule has 0 unspecified atom stereocenters. The second kappa shape index (κ2) is 8.76. The number of carbonyl (C=O) groups is 1. The molecule has 2 N–H and O–H groups in total. The molecule has 0 fully saturated rings. The number of halogens is 2. The van der Waals surface area contributed by atoms with Crippen LogP contribution in [0.25, 0.3) is 6.08 Å². The second-order valence-corrected chi connectivity index (χ2v) is 6.80. The summed E-state index contributed by atoms with van der Waals surface area (Å²) in [6, 6.07) is 14.4. The lowest BCUT2D eigenvalue weighted by Gasteiger charge is -2.20. The van der Waals surface area contributed by atoms with Crippen LogP contribution in [0.1, 0.15) is 17.2 Å². The van der Waals surface area contributed by atoms with Crippen molar-refractivity contribution in [3.8, 4) is 0 Å². The van der Waals surface area contributed by atoms with E-state index >= 15 is 0 Å². The first-order valence-corrected chi connectivity index (χ1v) is 8.52. The van der Waals surface area contributed by atoms with Crippen molar-refractivity contribution in [3.05, 3.63) is 76.0 Å². The van der Waals surface area contributed by atoms with Crippen LogP contribution in [0, 0.1) is 5.82 Å². The highest BCUT2D eigenvalue weighted by Crippen LogP contribution is 2.17. The van der Waals surface area contributed by atoms with Crippen LogP contribution < -0.4 is 10.2 Å². The molecule has 126 valence electrons. The van der Waals surface area contributed by atoms with Crippen molar-refractivity contribution in [1.29, 1.82) is 0 Å². The molecule has 0 aliphatic heterocycles. The minimum absolute atomic E-state index is 0.0966. The monoisotopic (exact) mass is 391 g/mol. The fraction of sp³-hybridized carbons (Fsp3) is 0.211. The SMILES string of the molecule is C[NH+](C)C[C@H](NC(=O)/C=C/c1cc(Br)ccc1F)c1ccccc1. The molecule has 0 saturated heterocycles. The zero-order valence-corrected chi connectivity index (χ0v) is 15.3. The summed E-state index contributed by atoms with van der Waals surface area (Å²) in [6.07, 6.45) is 2.85. The molecular weight excluding hydrogens is 371 g/mol. The Morgan fingerprint density at radius 2 is 1.96 bits per heavy atom. The lowest BCUT2D eigenvalue weighted by molar-refractivity contribution is -0.860. The zero-order valence-electron chi connectivity index (χ0n) is 13.7. The molecule has 1 atom stereocenters. The molecule has 0 spiro atoms. The molecule has 3 nitrogen and oxygen atoms in total. The van der Waals surface area contributed by atoms with E-state index in [2.05, 4.69) is 21.2 Å². The van der Waals surface area contributed by atoms with Gasteiger partial charge in [-0.1, -0.05) is 46.3 Å². The van der Waals surface area contributed by atoms with E-state index in [4.69, 9.17) is 0 Å². The first-order chi connectivity index (χ1) is 11.5. The minimum atomic E-state index is -0.361. The van der Waals surface area contributed by atoms with Crippen LogP contribution in [0.2, 0.25) is 0 Å². The van der Waals surface area contributed by atoms with Crippen LogP contribution in [0.15, 0.2) is 59.1 Å². The smallest absolute Gasteiger partial charge is 0.244 e. The highest BCUT2D eigenvalue weighted by molar-refractivity contribution is 9.10. The van der Waals surface area contributed by atoms with Crippen molar-refractivity contribution in [2.45, 2.75) is 6.04 Å². The Morgan fingerprint density at radius 1 is 1.25 bits per heavy atom. The van der Waals surface area contributed by atoms with Crippen LogP contribution >= 0.6 is 15.9 Å². The van der Waals surface area contributed by atoms with Gasteiger partial charge in [0.05, 0.1) is 14.1 Å². The first-order valence-electron chi connectivity index (χ1n) is 7.73. The quantitative estimate of drug-likeness (QED) is 0.729. The van der Waals surface area contributed by atoms with E-state index in [9.17, 15) is 9.18 Å². The molecule has 0 radical (unpaired) electrons. The molecular formula is C19H21BrFN2O+. The van der Waals surface area contributed by atoms with Crippen molar-refractivity contribution in [2.24, 2.45) is 0 Å². The van der Waals surface area contributed by atoms with Crippen molar-refractivity contribution in [3.63, 3.8) is 0 Å². The van der Waals surface area contributed by atoms with E-state index < -0.39 is 0 Å². The summed E-state index contributed by atoms with van der Waals surface area (Å²) in [5.41, 5.74) is 1.42. The van der Waals surface area contributed by atoms with Gasteiger partial charge in [0.1, 0.15) is 18.4 Å². The molecule has 2 aromatic carbocycles. The lowest BCUT2D eigenvalue weighted by Crippen LogP contribution is -3.06.